The van der Waals surface area contributed by atoms with Gasteiger partial charge in [0, 0.05) is 0 Å². The van der Waals surface area contributed by atoms with Gasteiger partial charge in [-0.15, -0.1) is 0 Å². The van der Waals surface area contributed by atoms with E-state index in [1.54, 1.807) is 0 Å². The molecular weight excluding hydrogens is 196 g/mol. The van der Waals surface area contributed by atoms with Gasteiger partial charge in [0.1, 0.15) is 0 Å². The summed E-state index contributed by atoms with van der Waals surface area (Å²) in [6.07, 6.45) is 0. The van der Waals surface area contributed by atoms with Crippen LogP contribution in [0.4, 0.5) is 0 Å². The van der Waals surface area contributed by atoms with Gasteiger partial charge in [-0.25, -0.2) is 0 Å². The first-order chi connectivity index (χ1) is 2.50. The van der Waals surface area contributed by atoms with E-state index in [9.17, 15) is 0 Å². The zero-order valence-electron chi connectivity index (χ0n) is 2.55. The molecule has 1 aromatic rings. The Kier molecular flexibility index (Phi) is 1.46. The predicted molar refractivity (Wildman–Crippen MR) is 25.7 cm³/mol. The van der Waals surface area contributed by atoms with Crippen molar-refractivity contribution in [2.45, 2.75) is 0 Å². The van der Waals surface area contributed by atoms with Gasteiger partial charge in [0.2, 0.25) is 0 Å². The Balaban J connectivity index is 3.13. The molecule has 0 aliphatic carbocycles. The van der Waals surface area contributed by atoms with Crippen LogP contribution < -0.4 is 0 Å². The molecule has 0 aliphatic rings. The molecule has 1 heterocycles. The molecular formula is C3H3STe+. The molecule has 0 bridgehead atoms. The molecule has 0 radical (unpaired) electrons. The van der Waals surface area contributed by atoms with Crippen molar-refractivity contribution in [2.24, 2.45) is 0 Å². The second-order valence-corrected chi connectivity index (χ2v) is 4.58. The van der Waals surface area contributed by atoms with E-state index in [2.05, 4.69) is 12.9 Å². The number of hydrogen-bond acceptors (Lipinski definition) is 0. The summed E-state index contributed by atoms with van der Waals surface area (Å²) in [5, 5.41) is 2.16. The van der Waals surface area contributed by atoms with E-state index in [-0.39, 0.29) is 20.4 Å². The van der Waals surface area contributed by atoms with E-state index >= 15 is 0 Å². The van der Waals surface area contributed by atoms with E-state index < -0.39 is 0 Å². The van der Waals surface area contributed by atoms with Gasteiger partial charge in [-0.2, -0.15) is 0 Å². The van der Waals surface area contributed by atoms with Crippen molar-refractivity contribution in [3.8, 4) is 0 Å². The van der Waals surface area contributed by atoms with Crippen LogP contribution in [0.2, 0.25) is 0 Å². The van der Waals surface area contributed by atoms with Crippen LogP contribution in [-0.2, 0) is 0 Å². The van der Waals surface area contributed by atoms with Crippen LogP contribution >= 0.6 is 11.3 Å². The molecule has 0 spiro atoms. The van der Waals surface area contributed by atoms with Crippen LogP contribution in [0.1, 0.15) is 0 Å². The van der Waals surface area contributed by atoms with Gasteiger partial charge in [0.15, 0.2) is 0 Å². The maximum atomic E-state index is 2.30. The molecule has 0 fully saturated rings. The van der Waals surface area contributed by atoms with Crippen LogP contribution in [0.25, 0.3) is 0 Å². The minimum atomic E-state index is 0.262. The third kappa shape index (κ3) is 1.00. The Morgan fingerprint density at radius 1 is 1.60 bits per heavy atom. The van der Waals surface area contributed by atoms with Crippen molar-refractivity contribution < 1.29 is 0 Å². The van der Waals surface area contributed by atoms with Crippen molar-refractivity contribution in [1.82, 2.24) is 0 Å². The predicted octanol–water partition coefficient (Wildman–Crippen LogP) is 1.09. The Hall–Kier alpha value is 0.620. The van der Waals surface area contributed by atoms with Crippen LogP contribution in [-0.4, -0.2) is 20.4 Å². The molecule has 26 valence electrons. The summed E-state index contributed by atoms with van der Waals surface area (Å²) < 4.78 is 4.57. The number of rotatable bonds is 0. The molecule has 1 rings (SSSR count). The summed E-state index contributed by atoms with van der Waals surface area (Å²) in [6, 6.07) is 0. The fraction of sp³-hybridized carbons (Fsp3) is 0. The molecule has 0 amide bonds. The summed E-state index contributed by atoms with van der Waals surface area (Å²) in [5.74, 6) is 0. The average Bonchev–Trinajstić information content (AvgIpc) is 1.76. The fourth-order valence-electron chi connectivity index (χ4n) is 0.160. The molecule has 2 heteroatoms. The van der Waals surface area contributed by atoms with Crippen molar-refractivity contribution in [1.29, 1.82) is 0 Å². The fourth-order valence-corrected chi connectivity index (χ4v) is 3.23. The molecule has 0 unspecified atom stereocenters. The van der Waals surface area contributed by atoms with Gasteiger partial charge in [-0.3, -0.25) is 0 Å². The summed E-state index contributed by atoms with van der Waals surface area (Å²) in [6.45, 7) is 0. The first kappa shape index (κ1) is 3.80. The van der Waals surface area contributed by atoms with Crippen molar-refractivity contribution in [3.63, 3.8) is 0 Å². The normalized spacial score (nSPS) is 8.00. The second kappa shape index (κ2) is 1.92. The van der Waals surface area contributed by atoms with Gasteiger partial charge >= 0.3 is 44.6 Å². The first-order valence-corrected chi connectivity index (χ1v) is 4.91. The summed E-state index contributed by atoms with van der Waals surface area (Å²) in [4.78, 5) is 0. The first-order valence-electron chi connectivity index (χ1n) is 1.28. The Bertz CT molecular complexity index is 63.4. The Morgan fingerprint density at radius 2 is 2.60 bits per heavy atom. The molecule has 0 atom stereocenters. The van der Waals surface area contributed by atoms with Gasteiger partial charge < -0.3 is 0 Å². The van der Waals surface area contributed by atoms with Crippen molar-refractivity contribution in [3.05, 3.63) is 12.9 Å². The molecule has 0 aliphatic heterocycles. The topological polar surface area (TPSA) is 0 Å². The monoisotopic (exact) mass is 201 g/mol. The van der Waals surface area contributed by atoms with E-state index in [1.165, 1.54) is 0 Å². The van der Waals surface area contributed by atoms with Gasteiger partial charge in [-0.05, 0) is 0 Å². The Morgan fingerprint density at radius 3 is 2.80 bits per heavy atom. The minimum absolute atomic E-state index is 0.262. The maximum absolute atomic E-state index is 2.30. The summed E-state index contributed by atoms with van der Waals surface area (Å²) in [7, 11) is 0. The van der Waals surface area contributed by atoms with Crippen LogP contribution in [0.5, 0.6) is 0 Å². The average molecular weight is 199 g/mol. The molecule has 0 saturated carbocycles. The van der Waals surface area contributed by atoms with E-state index in [0.29, 0.717) is 0 Å². The Labute approximate surface area is 44.7 Å². The molecule has 0 N–H and O–H groups in total. The van der Waals surface area contributed by atoms with Crippen molar-refractivity contribution in [2.75, 3.05) is 0 Å². The third-order valence-corrected chi connectivity index (χ3v) is 4.12. The van der Waals surface area contributed by atoms with Gasteiger partial charge in [0.25, 0.3) is 0 Å². The molecule has 0 aromatic carbocycles. The zero-order valence-corrected chi connectivity index (χ0v) is 5.70. The molecule has 1 aromatic heterocycles. The number of hydrogen-bond donors (Lipinski definition) is 0. The SMILES string of the molecule is c1c[te]c[s+]1. The molecule has 0 nitrogen and oxygen atoms in total. The summed E-state index contributed by atoms with van der Waals surface area (Å²) in [5.41, 5.74) is 0. The van der Waals surface area contributed by atoms with Gasteiger partial charge in [-0.1, -0.05) is 0 Å². The molecule has 0 saturated heterocycles. The molecule has 5 heavy (non-hydrogen) atoms. The quantitative estimate of drug-likeness (QED) is 0.433. The standard InChI is InChI=1S/C3H3STe/c1-2-5-3-4-1/h1-3H/q+1. The third-order valence-electron chi connectivity index (χ3n) is 0.324. The van der Waals surface area contributed by atoms with E-state index in [1.807, 2.05) is 11.3 Å². The summed E-state index contributed by atoms with van der Waals surface area (Å²) >= 11 is 2.09. The van der Waals surface area contributed by atoms with E-state index in [0.717, 1.165) is 0 Å². The van der Waals surface area contributed by atoms with Crippen LogP contribution in [0.3, 0.4) is 0 Å². The second-order valence-electron chi connectivity index (χ2n) is 0.641. The van der Waals surface area contributed by atoms with Crippen molar-refractivity contribution >= 4 is 31.8 Å². The van der Waals surface area contributed by atoms with Crippen LogP contribution in [0, 0.1) is 0 Å². The van der Waals surface area contributed by atoms with Gasteiger partial charge in [0.05, 0.1) is 0 Å². The van der Waals surface area contributed by atoms with Crippen LogP contribution in [0.15, 0.2) is 12.9 Å². The van der Waals surface area contributed by atoms with E-state index in [4.69, 9.17) is 0 Å². The zero-order chi connectivity index (χ0) is 3.54.